The number of carbonyl (C=O) groups excluding carboxylic acids is 1. The molecule has 0 aliphatic carbocycles. The number of rotatable bonds is 5. The van der Waals surface area contributed by atoms with Crippen molar-refractivity contribution in [2.24, 2.45) is 0 Å². The smallest absolute Gasteiger partial charge is 0.256 e. The summed E-state index contributed by atoms with van der Waals surface area (Å²) in [5.74, 6) is -1.20. The van der Waals surface area contributed by atoms with Crippen molar-refractivity contribution in [2.75, 3.05) is 20.2 Å². The highest BCUT2D eigenvalue weighted by Gasteiger charge is 2.50. The van der Waals surface area contributed by atoms with Crippen LogP contribution in [0.1, 0.15) is 28.8 Å². The van der Waals surface area contributed by atoms with E-state index in [1.807, 2.05) is 0 Å². The molecule has 0 unspecified atom stereocenters. The largest absolute Gasteiger partial charge is 0.497 e. The minimum Gasteiger partial charge on any atom is -0.497 e. The van der Waals surface area contributed by atoms with Gasteiger partial charge in [-0.2, -0.15) is 0 Å². The highest BCUT2D eigenvalue weighted by molar-refractivity contribution is 7.92. The van der Waals surface area contributed by atoms with E-state index in [0.29, 0.717) is 21.7 Å². The third-order valence-electron chi connectivity index (χ3n) is 7.04. The molecule has 0 atom stereocenters. The van der Waals surface area contributed by atoms with E-state index in [4.69, 9.17) is 16.3 Å². The Labute approximate surface area is 217 Å². The molecule has 5 rings (SSSR count). The van der Waals surface area contributed by atoms with E-state index in [2.05, 4.69) is 4.98 Å². The zero-order valence-electron chi connectivity index (χ0n) is 19.8. The van der Waals surface area contributed by atoms with Crippen LogP contribution in [0, 0.1) is 11.6 Å². The van der Waals surface area contributed by atoms with Gasteiger partial charge in [0.1, 0.15) is 22.1 Å². The van der Waals surface area contributed by atoms with Crippen LogP contribution in [0.2, 0.25) is 5.02 Å². The van der Waals surface area contributed by atoms with E-state index >= 15 is 4.39 Å². The number of ether oxygens (including phenoxy) is 1. The van der Waals surface area contributed by atoms with Gasteiger partial charge in [0.2, 0.25) is 0 Å². The molecule has 6 nitrogen and oxygen atoms in total. The summed E-state index contributed by atoms with van der Waals surface area (Å²) in [4.78, 5) is 18.0. The Kier molecular flexibility index (Phi) is 6.45. The molecule has 4 aromatic rings. The fourth-order valence-corrected chi connectivity index (χ4v) is 7.26. The Balaban J connectivity index is 1.51. The Morgan fingerprint density at radius 3 is 2.41 bits per heavy atom. The van der Waals surface area contributed by atoms with Gasteiger partial charge in [-0.25, -0.2) is 17.2 Å². The second kappa shape index (κ2) is 9.46. The summed E-state index contributed by atoms with van der Waals surface area (Å²) in [6, 6.07) is 13.7. The van der Waals surface area contributed by atoms with Crippen molar-refractivity contribution in [1.82, 2.24) is 9.88 Å². The molecular formula is C27H23ClF2N2O4S. The van der Waals surface area contributed by atoms with Crippen molar-refractivity contribution >= 4 is 38.2 Å². The first-order valence-corrected chi connectivity index (χ1v) is 13.4. The molecule has 1 N–H and O–H groups in total. The van der Waals surface area contributed by atoms with Crippen molar-refractivity contribution < 1.29 is 26.7 Å². The quantitative estimate of drug-likeness (QED) is 0.349. The van der Waals surface area contributed by atoms with Gasteiger partial charge in [0.15, 0.2) is 9.84 Å². The molecule has 0 radical (unpaired) electrons. The van der Waals surface area contributed by atoms with Crippen molar-refractivity contribution in [3.8, 4) is 5.75 Å². The zero-order valence-corrected chi connectivity index (χ0v) is 21.4. The molecule has 2 heterocycles. The van der Waals surface area contributed by atoms with Gasteiger partial charge in [0, 0.05) is 46.8 Å². The Hall–Kier alpha value is -3.43. The Morgan fingerprint density at radius 2 is 1.73 bits per heavy atom. The van der Waals surface area contributed by atoms with Crippen molar-refractivity contribution in [1.29, 1.82) is 0 Å². The molecule has 1 aliphatic rings. The van der Waals surface area contributed by atoms with Crippen LogP contribution in [-0.2, 0) is 14.6 Å². The van der Waals surface area contributed by atoms with Gasteiger partial charge in [-0.05, 0) is 67.4 Å². The summed E-state index contributed by atoms with van der Waals surface area (Å²) < 4.78 is 60.7. The average molecular weight is 545 g/mol. The zero-order chi connectivity index (χ0) is 26.4. The lowest BCUT2D eigenvalue weighted by molar-refractivity contribution is 0.0700. The summed E-state index contributed by atoms with van der Waals surface area (Å²) in [7, 11) is -2.65. The van der Waals surface area contributed by atoms with Crippen LogP contribution in [-0.4, -0.2) is 44.4 Å². The van der Waals surface area contributed by atoms with Gasteiger partial charge in [-0.1, -0.05) is 11.6 Å². The van der Waals surface area contributed by atoms with E-state index in [-0.39, 0.29) is 42.3 Å². The maximum absolute atomic E-state index is 15.1. The van der Waals surface area contributed by atoms with Crippen molar-refractivity contribution in [3.63, 3.8) is 0 Å². The number of piperidine rings is 1. The number of hydrogen-bond donors (Lipinski definition) is 1. The van der Waals surface area contributed by atoms with Gasteiger partial charge in [0.05, 0.1) is 17.6 Å². The average Bonchev–Trinajstić information content (AvgIpc) is 3.33. The predicted molar refractivity (Wildman–Crippen MR) is 137 cm³/mol. The summed E-state index contributed by atoms with van der Waals surface area (Å²) in [6.45, 7) is 0.0644. The minimum absolute atomic E-state index is 0.0322. The highest BCUT2D eigenvalue weighted by atomic mass is 35.5. The number of sulfone groups is 1. The van der Waals surface area contributed by atoms with Crippen LogP contribution in [0.5, 0.6) is 5.75 Å². The lowest BCUT2D eigenvalue weighted by Gasteiger charge is -2.41. The highest BCUT2D eigenvalue weighted by Crippen LogP contribution is 2.45. The number of nitrogens with zero attached hydrogens (tertiary/aromatic N) is 1. The van der Waals surface area contributed by atoms with Gasteiger partial charge in [0.25, 0.3) is 5.91 Å². The number of carbonyl (C=O) groups is 1. The first-order valence-electron chi connectivity index (χ1n) is 11.6. The van der Waals surface area contributed by atoms with E-state index in [1.54, 1.807) is 36.4 Å². The number of hydrogen-bond acceptors (Lipinski definition) is 4. The predicted octanol–water partition coefficient (Wildman–Crippen LogP) is 5.71. The van der Waals surface area contributed by atoms with Crippen molar-refractivity contribution in [2.45, 2.75) is 22.5 Å². The number of halogens is 3. The van der Waals surface area contributed by atoms with E-state index in [0.717, 1.165) is 23.7 Å². The first kappa shape index (κ1) is 25.2. The normalized spacial score (nSPS) is 15.6. The van der Waals surface area contributed by atoms with Crippen LogP contribution in [0.15, 0.2) is 71.8 Å². The molecule has 0 spiro atoms. The molecule has 0 bridgehead atoms. The lowest BCUT2D eigenvalue weighted by Crippen LogP contribution is -2.49. The molecule has 37 heavy (non-hydrogen) atoms. The number of H-pyrrole nitrogens is 1. The molecule has 1 saturated heterocycles. The second-order valence-electron chi connectivity index (χ2n) is 8.98. The van der Waals surface area contributed by atoms with Crippen molar-refractivity contribution in [3.05, 3.63) is 94.6 Å². The molecule has 10 heteroatoms. The Bertz CT molecular complexity index is 1590. The Morgan fingerprint density at radius 1 is 1.03 bits per heavy atom. The van der Waals surface area contributed by atoms with Crippen LogP contribution in [0.3, 0.4) is 0 Å². The summed E-state index contributed by atoms with van der Waals surface area (Å²) in [5.41, 5.74) is 0.914. The standard InChI is InChI=1S/C27H23ClF2N2O4S/c1-36-19-5-8-21-22(16-31-25(21)15-19)26(33)32-12-10-27(11-13-32,23-14-18(29)4-9-24(23)30)37(34,35)20-6-2-17(28)3-7-20/h2-9,14-16,31H,10-13H2,1H3. The number of likely N-dealkylation sites (tertiary alicyclic amines) is 1. The van der Waals surface area contributed by atoms with Crippen LogP contribution < -0.4 is 4.74 Å². The molecule has 192 valence electrons. The van der Waals surface area contributed by atoms with Crippen LogP contribution in [0.4, 0.5) is 8.78 Å². The molecule has 1 fully saturated rings. The maximum atomic E-state index is 15.1. The molecule has 1 amide bonds. The molecular weight excluding hydrogens is 522 g/mol. The monoisotopic (exact) mass is 544 g/mol. The van der Waals surface area contributed by atoms with Gasteiger partial charge >= 0.3 is 0 Å². The molecule has 0 saturated carbocycles. The first-order chi connectivity index (χ1) is 17.7. The molecule has 3 aromatic carbocycles. The number of aromatic amines is 1. The number of methoxy groups -OCH3 is 1. The third kappa shape index (κ3) is 4.26. The summed E-state index contributed by atoms with van der Waals surface area (Å²) >= 11 is 5.95. The van der Waals surface area contributed by atoms with Crippen LogP contribution in [0.25, 0.3) is 10.9 Å². The lowest BCUT2D eigenvalue weighted by atomic mass is 9.87. The van der Waals surface area contributed by atoms with E-state index in [9.17, 15) is 17.6 Å². The number of fused-ring (bicyclic) bond motifs is 1. The number of nitrogens with one attached hydrogen (secondary N) is 1. The fraction of sp³-hybridized carbons (Fsp3) is 0.222. The summed E-state index contributed by atoms with van der Waals surface area (Å²) in [5, 5.41) is 1.05. The SMILES string of the molecule is COc1ccc2c(C(=O)N3CCC(c4cc(F)ccc4F)(S(=O)(=O)c4ccc(Cl)cc4)CC3)c[nH]c2c1. The summed E-state index contributed by atoms with van der Waals surface area (Å²) in [6.07, 6.45) is 1.38. The second-order valence-corrected chi connectivity index (χ2v) is 11.7. The number of aromatic nitrogens is 1. The maximum Gasteiger partial charge on any atom is 0.256 e. The van der Waals surface area contributed by atoms with Gasteiger partial charge in [-0.15, -0.1) is 0 Å². The fourth-order valence-electron chi connectivity index (χ4n) is 5.02. The van der Waals surface area contributed by atoms with E-state index in [1.165, 1.54) is 24.3 Å². The van der Waals surface area contributed by atoms with Gasteiger partial charge in [-0.3, -0.25) is 4.79 Å². The van der Waals surface area contributed by atoms with E-state index < -0.39 is 26.2 Å². The topological polar surface area (TPSA) is 79.5 Å². The van der Waals surface area contributed by atoms with Crippen LogP contribution >= 0.6 is 11.6 Å². The number of benzene rings is 3. The molecule has 1 aliphatic heterocycles. The minimum atomic E-state index is -4.20. The van der Waals surface area contributed by atoms with Gasteiger partial charge < -0.3 is 14.6 Å². The number of amides is 1. The third-order valence-corrected chi connectivity index (χ3v) is 9.84. The molecule has 1 aromatic heterocycles.